The van der Waals surface area contributed by atoms with Crippen LogP contribution in [0.4, 0.5) is 5.82 Å². The van der Waals surface area contributed by atoms with E-state index in [-0.39, 0.29) is 24.0 Å². The third kappa shape index (κ3) is 5.73. The molecule has 0 saturated carbocycles. The molecule has 1 atom stereocenters. The van der Waals surface area contributed by atoms with Crippen molar-refractivity contribution in [2.75, 3.05) is 31.6 Å². The summed E-state index contributed by atoms with van der Waals surface area (Å²) in [6, 6.07) is 4.07. The molecule has 142 valence electrons. The fraction of sp³-hybridized carbons (Fsp3) is 0.471. The van der Waals surface area contributed by atoms with Crippen LogP contribution in [-0.4, -0.2) is 53.2 Å². The van der Waals surface area contributed by atoms with Gasteiger partial charge in [-0.1, -0.05) is 11.6 Å². The third-order valence-corrected chi connectivity index (χ3v) is 4.53. The first-order valence-electron chi connectivity index (χ1n) is 8.54. The number of guanidine groups is 1. The summed E-state index contributed by atoms with van der Waals surface area (Å²) in [5.41, 5.74) is 0. The van der Waals surface area contributed by atoms with Crippen LogP contribution in [0.1, 0.15) is 12.8 Å². The predicted octanol–water partition coefficient (Wildman–Crippen LogP) is 2.38. The lowest BCUT2D eigenvalue weighted by atomic mass is 10.3. The zero-order valence-corrected chi connectivity index (χ0v) is 17.9. The van der Waals surface area contributed by atoms with E-state index in [9.17, 15) is 0 Å². The molecule has 0 aromatic carbocycles. The van der Waals surface area contributed by atoms with Gasteiger partial charge in [0.1, 0.15) is 5.82 Å². The smallest absolute Gasteiger partial charge is 0.191 e. The number of hydrogen-bond acceptors (Lipinski definition) is 4. The summed E-state index contributed by atoms with van der Waals surface area (Å²) < 4.78 is 2.07. The highest BCUT2D eigenvalue weighted by Crippen LogP contribution is 2.25. The average molecular weight is 490 g/mol. The Morgan fingerprint density at radius 2 is 2.31 bits per heavy atom. The SMILES string of the molecule is CN=C(NCCCn1ccnc1)NC1CCN(c2ncccc2Cl)C1.I. The van der Waals surface area contributed by atoms with E-state index >= 15 is 0 Å². The first kappa shape index (κ1) is 20.8. The number of imidazole rings is 1. The fourth-order valence-corrected chi connectivity index (χ4v) is 3.20. The second-order valence-corrected chi connectivity index (χ2v) is 6.45. The number of hydrogen-bond donors (Lipinski definition) is 2. The Morgan fingerprint density at radius 3 is 3.04 bits per heavy atom. The molecular weight excluding hydrogens is 465 g/mol. The summed E-state index contributed by atoms with van der Waals surface area (Å²) in [5.74, 6) is 1.70. The molecule has 0 spiro atoms. The molecule has 9 heteroatoms. The lowest BCUT2D eigenvalue weighted by Gasteiger charge is -2.20. The van der Waals surface area contributed by atoms with Crippen molar-refractivity contribution in [3.8, 4) is 0 Å². The number of aryl methyl sites for hydroxylation is 1. The number of nitrogens with zero attached hydrogens (tertiary/aromatic N) is 5. The highest BCUT2D eigenvalue weighted by molar-refractivity contribution is 14.0. The van der Waals surface area contributed by atoms with Gasteiger partial charge in [0.2, 0.25) is 0 Å². The van der Waals surface area contributed by atoms with Gasteiger partial charge in [0.25, 0.3) is 0 Å². The molecule has 0 radical (unpaired) electrons. The minimum absolute atomic E-state index is 0. The molecule has 26 heavy (non-hydrogen) atoms. The van der Waals surface area contributed by atoms with Crippen molar-refractivity contribution in [1.29, 1.82) is 0 Å². The first-order valence-corrected chi connectivity index (χ1v) is 8.92. The van der Waals surface area contributed by atoms with E-state index in [0.717, 1.165) is 50.8 Å². The molecular formula is C17H25ClIN7. The molecule has 1 unspecified atom stereocenters. The molecule has 2 aromatic rings. The van der Waals surface area contributed by atoms with Crippen molar-refractivity contribution in [1.82, 2.24) is 25.2 Å². The van der Waals surface area contributed by atoms with Gasteiger partial charge in [0.05, 0.1) is 11.3 Å². The predicted molar refractivity (Wildman–Crippen MR) is 117 cm³/mol. The van der Waals surface area contributed by atoms with Crippen molar-refractivity contribution in [2.45, 2.75) is 25.4 Å². The Labute approximate surface area is 176 Å². The summed E-state index contributed by atoms with van der Waals surface area (Å²) in [5, 5.41) is 7.55. The Kier molecular flexibility index (Phi) is 8.43. The quantitative estimate of drug-likeness (QED) is 0.282. The lowest BCUT2D eigenvalue weighted by Crippen LogP contribution is -2.45. The summed E-state index contributed by atoms with van der Waals surface area (Å²) in [6.07, 6.45) is 9.43. The second kappa shape index (κ2) is 10.6. The van der Waals surface area contributed by atoms with Crippen LogP contribution in [0.15, 0.2) is 42.0 Å². The van der Waals surface area contributed by atoms with Gasteiger partial charge in [-0.3, -0.25) is 4.99 Å². The van der Waals surface area contributed by atoms with Crippen molar-refractivity contribution in [3.63, 3.8) is 0 Å². The zero-order chi connectivity index (χ0) is 17.5. The minimum atomic E-state index is 0. The molecule has 1 fully saturated rings. The van der Waals surface area contributed by atoms with E-state index in [1.165, 1.54) is 0 Å². The van der Waals surface area contributed by atoms with Crippen LogP contribution in [0.2, 0.25) is 5.02 Å². The van der Waals surface area contributed by atoms with Crippen LogP contribution in [0.5, 0.6) is 0 Å². The van der Waals surface area contributed by atoms with Crippen molar-refractivity contribution >= 4 is 47.4 Å². The highest BCUT2D eigenvalue weighted by Gasteiger charge is 2.25. The summed E-state index contributed by atoms with van der Waals surface area (Å²) in [6.45, 7) is 3.61. The monoisotopic (exact) mass is 489 g/mol. The number of anilines is 1. The van der Waals surface area contributed by atoms with E-state index in [2.05, 4.69) is 35.1 Å². The van der Waals surface area contributed by atoms with Crippen LogP contribution in [0.3, 0.4) is 0 Å². The molecule has 0 bridgehead atoms. The Hall–Kier alpha value is -1.55. The van der Waals surface area contributed by atoms with Gasteiger partial charge in [-0.2, -0.15) is 0 Å². The van der Waals surface area contributed by atoms with E-state index in [0.29, 0.717) is 11.1 Å². The summed E-state index contributed by atoms with van der Waals surface area (Å²) in [4.78, 5) is 15.0. The molecule has 3 rings (SSSR count). The van der Waals surface area contributed by atoms with E-state index < -0.39 is 0 Å². The normalized spacial score (nSPS) is 17.1. The number of pyridine rings is 1. The standard InChI is InChI=1S/C17H24ClN7.HI/c1-19-17(22-7-3-9-24-11-8-20-13-24)23-14-5-10-25(12-14)16-15(18)4-2-6-21-16;/h2,4,6,8,11,13-14H,3,5,7,9-10,12H2,1H3,(H2,19,22,23);1H. The van der Waals surface area contributed by atoms with Crippen molar-refractivity contribution in [3.05, 3.63) is 42.1 Å². The molecule has 2 N–H and O–H groups in total. The van der Waals surface area contributed by atoms with Gasteiger partial charge in [0, 0.05) is 57.9 Å². The molecule has 0 aliphatic carbocycles. The van der Waals surface area contributed by atoms with Crippen LogP contribution in [-0.2, 0) is 6.54 Å². The number of aliphatic imine (C=N–C) groups is 1. The lowest BCUT2D eigenvalue weighted by molar-refractivity contribution is 0.609. The molecule has 2 aromatic heterocycles. The van der Waals surface area contributed by atoms with E-state index in [1.54, 1.807) is 19.4 Å². The maximum absolute atomic E-state index is 6.24. The van der Waals surface area contributed by atoms with Gasteiger partial charge in [-0.15, -0.1) is 24.0 Å². The molecule has 1 aliphatic rings. The molecule has 1 aliphatic heterocycles. The highest BCUT2D eigenvalue weighted by atomic mass is 127. The average Bonchev–Trinajstić information content (AvgIpc) is 3.30. The fourth-order valence-electron chi connectivity index (χ4n) is 2.96. The van der Waals surface area contributed by atoms with E-state index in [1.807, 2.05) is 24.7 Å². The maximum atomic E-state index is 6.24. The van der Waals surface area contributed by atoms with Gasteiger partial charge in [-0.25, -0.2) is 9.97 Å². The van der Waals surface area contributed by atoms with Gasteiger partial charge in [-0.05, 0) is 25.0 Å². The Bertz CT molecular complexity index is 692. The molecule has 7 nitrogen and oxygen atoms in total. The first-order chi connectivity index (χ1) is 12.3. The summed E-state index contributed by atoms with van der Waals surface area (Å²) in [7, 11) is 1.80. The van der Waals surface area contributed by atoms with Gasteiger partial charge in [0.15, 0.2) is 5.96 Å². The van der Waals surface area contributed by atoms with Crippen LogP contribution < -0.4 is 15.5 Å². The van der Waals surface area contributed by atoms with Crippen LogP contribution in [0.25, 0.3) is 0 Å². The maximum Gasteiger partial charge on any atom is 0.191 e. The topological polar surface area (TPSA) is 70.4 Å². The van der Waals surface area contributed by atoms with Gasteiger partial charge >= 0.3 is 0 Å². The van der Waals surface area contributed by atoms with Gasteiger partial charge < -0.3 is 20.1 Å². The molecule has 1 saturated heterocycles. The van der Waals surface area contributed by atoms with Crippen molar-refractivity contribution < 1.29 is 0 Å². The number of nitrogens with one attached hydrogen (secondary N) is 2. The molecule has 0 amide bonds. The van der Waals surface area contributed by atoms with E-state index in [4.69, 9.17) is 11.6 Å². The third-order valence-electron chi connectivity index (χ3n) is 4.24. The second-order valence-electron chi connectivity index (χ2n) is 6.04. The molecule has 3 heterocycles. The Balaban J connectivity index is 0.00000243. The minimum Gasteiger partial charge on any atom is -0.356 e. The number of aromatic nitrogens is 3. The largest absolute Gasteiger partial charge is 0.356 e. The van der Waals surface area contributed by atoms with Crippen molar-refractivity contribution in [2.24, 2.45) is 4.99 Å². The van der Waals surface area contributed by atoms with Crippen LogP contribution in [0, 0.1) is 0 Å². The zero-order valence-electron chi connectivity index (χ0n) is 14.8. The summed E-state index contributed by atoms with van der Waals surface area (Å²) >= 11 is 6.24. The number of halogens is 2. The number of rotatable bonds is 6. The van der Waals surface area contributed by atoms with Crippen LogP contribution >= 0.6 is 35.6 Å². The Morgan fingerprint density at radius 1 is 1.42 bits per heavy atom.